The Morgan fingerprint density at radius 3 is 2.55 bits per heavy atom. The van der Waals surface area contributed by atoms with Gasteiger partial charge in [-0.1, -0.05) is 25.1 Å². The maximum absolute atomic E-state index is 14.0. The van der Waals surface area contributed by atoms with E-state index in [4.69, 9.17) is 0 Å². The van der Waals surface area contributed by atoms with Crippen LogP contribution in [-0.2, 0) is 10.2 Å². The van der Waals surface area contributed by atoms with Crippen molar-refractivity contribution in [2.24, 2.45) is 5.92 Å². The fourth-order valence-electron chi connectivity index (χ4n) is 3.17. The maximum atomic E-state index is 14.0. The minimum atomic E-state index is -0.820. The molecule has 2 rings (SSSR count). The Kier molecular flexibility index (Phi) is 5.57. The topological polar surface area (TPSA) is 32.3 Å². The lowest BCUT2D eigenvalue weighted by molar-refractivity contribution is -0.137. The van der Waals surface area contributed by atoms with E-state index in [1.807, 2.05) is 18.7 Å². The van der Waals surface area contributed by atoms with Gasteiger partial charge in [-0.05, 0) is 51.8 Å². The normalized spacial score (nSPS) is 16.8. The first-order valence-corrected chi connectivity index (χ1v) is 8.22. The van der Waals surface area contributed by atoms with E-state index in [0.29, 0.717) is 11.5 Å². The molecule has 0 bridgehead atoms. The van der Waals surface area contributed by atoms with Gasteiger partial charge < -0.3 is 10.2 Å². The summed E-state index contributed by atoms with van der Waals surface area (Å²) in [5.41, 5.74) is -0.338. The summed E-state index contributed by atoms with van der Waals surface area (Å²) in [7, 11) is 0. The standard InChI is InChI=1S/C18H27FN2O/c1-4-20-13-14-9-11-21(12-10-14)17(22)18(2,3)15-7-5-6-8-16(15)19/h5-8,14,20H,4,9-13H2,1-3H3. The lowest BCUT2D eigenvalue weighted by Crippen LogP contribution is -2.48. The van der Waals surface area contributed by atoms with Gasteiger partial charge in [-0.15, -0.1) is 0 Å². The van der Waals surface area contributed by atoms with Gasteiger partial charge in [0.05, 0.1) is 5.41 Å². The van der Waals surface area contributed by atoms with E-state index in [9.17, 15) is 9.18 Å². The largest absolute Gasteiger partial charge is 0.342 e. The van der Waals surface area contributed by atoms with Crippen LogP contribution in [0.2, 0.25) is 0 Å². The lowest BCUT2D eigenvalue weighted by Gasteiger charge is -2.37. The maximum Gasteiger partial charge on any atom is 0.232 e. The van der Waals surface area contributed by atoms with Crippen LogP contribution in [-0.4, -0.2) is 37.0 Å². The average Bonchev–Trinajstić information content (AvgIpc) is 2.53. The predicted octanol–water partition coefficient (Wildman–Crippen LogP) is 2.95. The van der Waals surface area contributed by atoms with Crippen molar-refractivity contribution in [3.8, 4) is 0 Å². The molecule has 1 N–H and O–H groups in total. The molecule has 0 unspecified atom stereocenters. The molecule has 0 aliphatic carbocycles. The summed E-state index contributed by atoms with van der Waals surface area (Å²) in [5, 5.41) is 3.37. The van der Waals surface area contributed by atoms with E-state index in [1.54, 1.807) is 18.2 Å². The first-order chi connectivity index (χ1) is 10.5. The highest BCUT2D eigenvalue weighted by Crippen LogP contribution is 2.29. The molecule has 3 nitrogen and oxygen atoms in total. The fraction of sp³-hybridized carbons (Fsp3) is 0.611. The molecule has 1 heterocycles. The van der Waals surface area contributed by atoms with Crippen molar-refractivity contribution in [2.75, 3.05) is 26.2 Å². The van der Waals surface area contributed by atoms with Crippen LogP contribution in [0.4, 0.5) is 4.39 Å². The van der Waals surface area contributed by atoms with E-state index in [-0.39, 0.29) is 11.7 Å². The molecule has 122 valence electrons. The van der Waals surface area contributed by atoms with Gasteiger partial charge in [0.25, 0.3) is 0 Å². The molecule has 1 fully saturated rings. The van der Waals surface area contributed by atoms with Crippen molar-refractivity contribution in [2.45, 2.75) is 39.0 Å². The molecular weight excluding hydrogens is 279 g/mol. The zero-order valence-electron chi connectivity index (χ0n) is 13.9. The number of hydrogen-bond acceptors (Lipinski definition) is 2. The summed E-state index contributed by atoms with van der Waals surface area (Å²) >= 11 is 0. The smallest absolute Gasteiger partial charge is 0.232 e. The van der Waals surface area contributed by atoms with Gasteiger partial charge in [-0.25, -0.2) is 4.39 Å². The number of carbonyl (C=O) groups is 1. The van der Waals surface area contributed by atoms with Gasteiger partial charge in [0.1, 0.15) is 5.82 Å². The van der Waals surface area contributed by atoms with Crippen molar-refractivity contribution >= 4 is 5.91 Å². The summed E-state index contributed by atoms with van der Waals surface area (Å²) in [6, 6.07) is 6.58. The van der Waals surface area contributed by atoms with Crippen LogP contribution in [0.15, 0.2) is 24.3 Å². The van der Waals surface area contributed by atoms with Crippen LogP contribution in [0.25, 0.3) is 0 Å². The van der Waals surface area contributed by atoms with Gasteiger partial charge in [0.15, 0.2) is 0 Å². The van der Waals surface area contributed by atoms with E-state index in [1.165, 1.54) is 6.07 Å². The summed E-state index contributed by atoms with van der Waals surface area (Å²) in [5.74, 6) is 0.364. The van der Waals surface area contributed by atoms with Gasteiger partial charge in [-0.2, -0.15) is 0 Å². The van der Waals surface area contributed by atoms with E-state index < -0.39 is 5.41 Å². The Morgan fingerprint density at radius 2 is 1.95 bits per heavy atom. The Bertz CT molecular complexity index is 508. The van der Waals surface area contributed by atoms with Crippen molar-refractivity contribution in [3.05, 3.63) is 35.6 Å². The molecule has 0 aromatic heterocycles. The van der Waals surface area contributed by atoms with Crippen LogP contribution >= 0.6 is 0 Å². The molecule has 4 heteroatoms. The Balaban J connectivity index is 2.01. The molecular formula is C18H27FN2O. The second-order valence-corrected chi connectivity index (χ2v) is 6.65. The first-order valence-electron chi connectivity index (χ1n) is 8.22. The molecule has 0 atom stereocenters. The van der Waals surface area contributed by atoms with Crippen molar-refractivity contribution in [1.82, 2.24) is 10.2 Å². The van der Waals surface area contributed by atoms with Crippen LogP contribution < -0.4 is 5.32 Å². The molecule has 1 aromatic rings. The number of nitrogens with one attached hydrogen (secondary N) is 1. The summed E-state index contributed by atoms with van der Waals surface area (Å²) in [6.45, 7) is 9.29. The molecule has 1 aliphatic heterocycles. The van der Waals surface area contributed by atoms with Crippen LogP contribution in [0.1, 0.15) is 39.2 Å². The molecule has 0 radical (unpaired) electrons. The minimum absolute atomic E-state index is 0.0273. The fourth-order valence-corrected chi connectivity index (χ4v) is 3.17. The van der Waals surface area contributed by atoms with E-state index >= 15 is 0 Å². The number of nitrogens with zero attached hydrogens (tertiary/aromatic N) is 1. The molecule has 22 heavy (non-hydrogen) atoms. The lowest BCUT2D eigenvalue weighted by atomic mass is 9.82. The zero-order chi connectivity index (χ0) is 16.2. The molecule has 1 aliphatic rings. The highest BCUT2D eigenvalue weighted by molar-refractivity contribution is 5.87. The highest BCUT2D eigenvalue weighted by atomic mass is 19.1. The second kappa shape index (κ2) is 7.23. The monoisotopic (exact) mass is 306 g/mol. The summed E-state index contributed by atoms with van der Waals surface area (Å²) in [4.78, 5) is 14.7. The number of amides is 1. The van der Waals surface area contributed by atoms with Crippen molar-refractivity contribution in [3.63, 3.8) is 0 Å². The Labute approximate surface area is 132 Å². The quantitative estimate of drug-likeness (QED) is 0.907. The molecule has 1 aromatic carbocycles. The highest BCUT2D eigenvalue weighted by Gasteiger charge is 2.36. The average molecular weight is 306 g/mol. The van der Waals surface area contributed by atoms with Gasteiger partial charge in [-0.3, -0.25) is 4.79 Å². The number of hydrogen-bond donors (Lipinski definition) is 1. The third-order valence-corrected chi connectivity index (χ3v) is 4.67. The molecule has 0 spiro atoms. The van der Waals surface area contributed by atoms with Gasteiger partial charge >= 0.3 is 0 Å². The SMILES string of the molecule is CCNCC1CCN(C(=O)C(C)(C)c2ccccc2F)CC1. The number of piperidine rings is 1. The first kappa shape index (κ1) is 16.9. The summed E-state index contributed by atoms with van der Waals surface area (Å²) in [6.07, 6.45) is 2.04. The van der Waals surface area contributed by atoms with Crippen LogP contribution in [0.5, 0.6) is 0 Å². The Morgan fingerprint density at radius 1 is 1.32 bits per heavy atom. The number of benzene rings is 1. The number of rotatable bonds is 5. The number of likely N-dealkylation sites (tertiary alicyclic amines) is 1. The minimum Gasteiger partial charge on any atom is -0.342 e. The van der Waals surface area contributed by atoms with Crippen molar-refractivity contribution in [1.29, 1.82) is 0 Å². The molecule has 1 saturated heterocycles. The summed E-state index contributed by atoms with van der Waals surface area (Å²) < 4.78 is 14.0. The van der Waals surface area contributed by atoms with E-state index in [2.05, 4.69) is 12.2 Å². The van der Waals surface area contributed by atoms with Gasteiger partial charge in [0.2, 0.25) is 5.91 Å². The van der Waals surface area contributed by atoms with E-state index in [0.717, 1.165) is 39.0 Å². The number of halogens is 1. The van der Waals surface area contributed by atoms with Crippen molar-refractivity contribution < 1.29 is 9.18 Å². The Hall–Kier alpha value is -1.42. The second-order valence-electron chi connectivity index (χ2n) is 6.65. The third kappa shape index (κ3) is 3.67. The molecule has 0 saturated carbocycles. The zero-order valence-corrected chi connectivity index (χ0v) is 13.9. The van der Waals surface area contributed by atoms with Gasteiger partial charge in [0, 0.05) is 18.7 Å². The van der Waals surface area contributed by atoms with Crippen LogP contribution in [0, 0.1) is 11.7 Å². The third-order valence-electron chi connectivity index (χ3n) is 4.67. The predicted molar refractivity (Wildman–Crippen MR) is 87.3 cm³/mol. The number of carbonyl (C=O) groups excluding carboxylic acids is 1. The molecule has 1 amide bonds. The van der Waals surface area contributed by atoms with Crippen LogP contribution in [0.3, 0.4) is 0 Å².